The van der Waals surface area contributed by atoms with Crippen molar-refractivity contribution >= 4 is 18.0 Å². The Balaban J connectivity index is 2.13. The summed E-state index contributed by atoms with van der Waals surface area (Å²) in [6.07, 6.45) is 2.37. The van der Waals surface area contributed by atoms with Crippen LogP contribution in [0.2, 0.25) is 0 Å². The summed E-state index contributed by atoms with van der Waals surface area (Å²) in [6, 6.07) is 8.63. The third-order valence-electron chi connectivity index (χ3n) is 3.11. The maximum Gasteiger partial charge on any atom is 0.344 e. The Morgan fingerprint density at radius 1 is 1.50 bits per heavy atom. The number of carboxylic acid groups (broad SMARTS) is 1. The van der Waals surface area contributed by atoms with E-state index in [-0.39, 0.29) is 11.6 Å². The average molecular weight is 300 g/mol. The zero-order valence-electron chi connectivity index (χ0n) is 12.1. The van der Waals surface area contributed by atoms with Crippen LogP contribution in [0, 0.1) is 11.3 Å². The third-order valence-corrected chi connectivity index (χ3v) is 3.11. The number of rotatable bonds is 6. The van der Waals surface area contributed by atoms with Crippen LogP contribution in [0.25, 0.3) is 6.08 Å². The summed E-state index contributed by atoms with van der Waals surface area (Å²) in [5.74, 6) is -1.10. The lowest BCUT2D eigenvalue weighted by Gasteiger charge is -2.10. The van der Waals surface area contributed by atoms with Gasteiger partial charge in [-0.3, -0.25) is 4.79 Å². The van der Waals surface area contributed by atoms with Gasteiger partial charge < -0.3 is 15.2 Å². The lowest BCUT2D eigenvalue weighted by atomic mass is 10.1. The Bertz CT molecular complexity index is 656. The highest BCUT2D eigenvalue weighted by atomic mass is 16.5. The van der Waals surface area contributed by atoms with Crippen LogP contribution in [0.3, 0.4) is 0 Å². The van der Waals surface area contributed by atoms with E-state index in [1.54, 1.807) is 24.3 Å². The highest BCUT2D eigenvalue weighted by Gasteiger charge is 2.24. The van der Waals surface area contributed by atoms with Crippen LogP contribution >= 0.6 is 0 Å². The van der Waals surface area contributed by atoms with Crippen molar-refractivity contribution in [2.75, 3.05) is 0 Å². The van der Waals surface area contributed by atoms with E-state index in [2.05, 4.69) is 5.32 Å². The van der Waals surface area contributed by atoms with Crippen molar-refractivity contribution in [1.29, 1.82) is 5.26 Å². The number of carboxylic acids is 1. The molecule has 1 aromatic rings. The molecule has 6 heteroatoms. The summed E-state index contributed by atoms with van der Waals surface area (Å²) >= 11 is 0. The second-order valence-corrected chi connectivity index (χ2v) is 5.09. The zero-order chi connectivity index (χ0) is 16.1. The number of hydrogen-bond donors (Lipinski definition) is 2. The maximum absolute atomic E-state index is 11.9. The van der Waals surface area contributed by atoms with E-state index in [4.69, 9.17) is 15.1 Å². The molecule has 0 spiro atoms. The van der Waals surface area contributed by atoms with E-state index in [0.29, 0.717) is 11.3 Å². The fourth-order valence-electron chi connectivity index (χ4n) is 1.74. The minimum atomic E-state index is -1.07. The van der Waals surface area contributed by atoms with Gasteiger partial charge in [-0.25, -0.2) is 4.79 Å². The molecule has 0 radical (unpaired) electrons. The van der Waals surface area contributed by atoms with Crippen LogP contribution in [0.1, 0.15) is 25.3 Å². The molecule has 0 saturated heterocycles. The topological polar surface area (TPSA) is 99.4 Å². The lowest BCUT2D eigenvalue weighted by molar-refractivity contribution is -0.144. The number of ether oxygens (including phenoxy) is 1. The predicted octanol–water partition coefficient (Wildman–Crippen LogP) is 1.72. The van der Waals surface area contributed by atoms with E-state index < -0.39 is 18.0 Å². The van der Waals surface area contributed by atoms with Crippen molar-refractivity contribution in [2.24, 2.45) is 0 Å². The van der Waals surface area contributed by atoms with Gasteiger partial charge in [0.1, 0.15) is 17.4 Å². The first-order valence-corrected chi connectivity index (χ1v) is 6.92. The fraction of sp³-hybridized carbons (Fsp3) is 0.312. The second-order valence-electron chi connectivity index (χ2n) is 5.09. The molecule has 6 nitrogen and oxygen atoms in total. The number of benzene rings is 1. The molecule has 1 atom stereocenters. The van der Waals surface area contributed by atoms with E-state index in [0.717, 1.165) is 12.8 Å². The number of amides is 1. The monoisotopic (exact) mass is 300 g/mol. The Kier molecular flexibility index (Phi) is 4.79. The largest absolute Gasteiger partial charge is 0.479 e. The van der Waals surface area contributed by atoms with Gasteiger partial charge in [0, 0.05) is 6.04 Å². The molecule has 1 saturated carbocycles. The highest BCUT2D eigenvalue weighted by Crippen LogP contribution is 2.20. The van der Waals surface area contributed by atoms with Gasteiger partial charge in [0.2, 0.25) is 0 Å². The first kappa shape index (κ1) is 15.6. The Hall–Kier alpha value is -2.81. The number of nitrogens with zero attached hydrogens (tertiary/aromatic N) is 1. The van der Waals surface area contributed by atoms with Crippen LogP contribution in [0.5, 0.6) is 5.75 Å². The zero-order valence-corrected chi connectivity index (χ0v) is 12.1. The summed E-state index contributed by atoms with van der Waals surface area (Å²) < 4.78 is 5.25. The number of hydrogen-bond acceptors (Lipinski definition) is 4. The van der Waals surface area contributed by atoms with Crippen LogP contribution < -0.4 is 10.1 Å². The van der Waals surface area contributed by atoms with Gasteiger partial charge in [0.25, 0.3) is 5.91 Å². The molecule has 1 fully saturated rings. The first-order valence-electron chi connectivity index (χ1n) is 6.92. The molecule has 1 aliphatic rings. The van der Waals surface area contributed by atoms with Crippen molar-refractivity contribution in [2.45, 2.75) is 31.9 Å². The maximum atomic E-state index is 11.9. The van der Waals surface area contributed by atoms with Crippen molar-refractivity contribution in [1.82, 2.24) is 5.32 Å². The minimum absolute atomic E-state index is 0.00957. The molecule has 2 N–H and O–H groups in total. The molecule has 0 aromatic heterocycles. The van der Waals surface area contributed by atoms with E-state index >= 15 is 0 Å². The molecule has 0 heterocycles. The van der Waals surface area contributed by atoms with Crippen molar-refractivity contribution < 1.29 is 19.4 Å². The molecule has 1 amide bonds. The normalized spacial score (nSPS) is 15.5. The van der Waals surface area contributed by atoms with Crippen LogP contribution in [0.4, 0.5) is 0 Å². The Labute approximate surface area is 128 Å². The number of aliphatic carboxylic acids is 1. The van der Waals surface area contributed by atoms with Gasteiger partial charge in [-0.15, -0.1) is 0 Å². The quantitative estimate of drug-likeness (QED) is 0.615. The van der Waals surface area contributed by atoms with E-state index in [9.17, 15) is 9.59 Å². The molecule has 1 aliphatic carbocycles. The van der Waals surface area contributed by atoms with Gasteiger partial charge >= 0.3 is 5.97 Å². The average Bonchev–Trinajstić information content (AvgIpc) is 3.28. The molecular weight excluding hydrogens is 284 g/mol. The number of carbonyl (C=O) groups is 2. The third kappa shape index (κ3) is 4.35. The van der Waals surface area contributed by atoms with Gasteiger partial charge in [0.15, 0.2) is 6.10 Å². The molecule has 114 valence electrons. The minimum Gasteiger partial charge on any atom is -0.479 e. The summed E-state index contributed by atoms with van der Waals surface area (Å²) in [4.78, 5) is 22.6. The SMILES string of the molecule is CC(Oc1cccc(/C=C(\C#N)C(=O)NC2CC2)c1)C(=O)O. The number of nitriles is 1. The summed E-state index contributed by atoms with van der Waals surface area (Å²) in [7, 11) is 0. The molecule has 22 heavy (non-hydrogen) atoms. The smallest absolute Gasteiger partial charge is 0.344 e. The van der Waals surface area contributed by atoms with Crippen LogP contribution in [-0.4, -0.2) is 29.1 Å². The van der Waals surface area contributed by atoms with Crippen molar-refractivity contribution in [3.8, 4) is 11.8 Å². The van der Waals surface area contributed by atoms with Gasteiger partial charge in [-0.1, -0.05) is 12.1 Å². The molecule has 0 aliphatic heterocycles. The molecule has 0 bridgehead atoms. The first-order chi connectivity index (χ1) is 10.5. The van der Waals surface area contributed by atoms with Gasteiger partial charge in [0.05, 0.1) is 0 Å². The highest BCUT2D eigenvalue weighted by molar-refractivity contribution is 6.02. The Morgan fingerprint density at radius 2 is 2.23 bits per heavy atom. The molecule has 2 rings (SSSR count). The van der Waals surface area contributed by atoms with Crippen molar-refractivity contribution in [3.05, 3.63) is 35.4 Å². The molecular formula is C16H16N2O4. The summed E-state index contributed by atoms with van der Waals surface area (Å²) in [5, 5.41) is 20.7. The van der Waals surface area contributed by atoms with Gasteiger partial charge in [-0.05, 0) is 43.5 Å². The van der Waals surface area contributed by atoms with Crippen LogP contribution in [-0.2, 0) is 9.59 Å². The summed E-state index contributed by atoms with van der Waals surface area (Å²) in [6.45, 7) is 1.43. The predicted molar refractivity (Wildman–Crippen MR) is 78.9 cm³/mol. The van der Waals surface area contributed by atoms with Crippen molar-refractivity contribution in [3.63, 3.8) is 0 Å². The van der Waals surface area contributed by atoms with E-state index in [1.807, 2.05) is 6.07 Å². The standard InChI is InChI=1S/C16H16N2O4/c1-10(16(20)21)22-14-4-2-3-11(8-14)7-12(9-17)15(19)18-13-5-6-13/h2-4,7-8,10,13H,5-6H2,1H3,(H,18,19)(H,20,21)/b12-7+. The summed E-state index contributed by atoms with van der Waals surface area (Å²) in [5.41, 5.74) is 0.605. The fourth-order valence-corrected chi connectivity index (χ4v) is 1.74. The van der Waals surface area contributed by atoms with Crippen LogP contribution in [0.15, 0.2) is 29.8 Å². The van der Waals surface area contributed by atoms with Gasteiger partial charge in [-0.2, -0.15) is 5.26 Å². The lowest BCUT2D eigenvalue weighted by Crippen LogP contribution is -2.26. The molecule has 1 unspecified atom stereocenters. The number of carbonyl (C=O) groups excluding carboxylic acids is 1. The second kappa shape index (κ2) is 6.76. The number of nitrogens with one attached hydrogen (secondary N) is 1. The molecule has 1 aromatic carbocycles. The Morgan fingerprint density at radius 3 is 2.82 bits per heavy atom. The van der Waals surface area contributed by atoms with E-state index in [1.165, 1.54) is 13.0 Å².